The van der Waals surface area contributed by atoms with Crippen molar-refractivity contribution >= 4 is 17.6 Å². The topological polar surface area (TPSA) is 73.9 Å². The highest BCUT2D eigenvalue weighted by atomic mass is 19.1. The molecular weight excluding hydrogens is 377 g/mol. The van der Waals surface area contributed by atoms with Gasteiger partial charge in [0.2, 0.25) is 0 Å². The van der Waals surface area contributed by atoms with E-state index in [0.29, 0.717) is 29.2 Å². The minimum absolute atomic E-state index is 0.112. The summed E-state index contributed by atoms with van der Waals surface area (Å²) in [6.07, 6.45) is 1.10. The van der Waals surface area contributed by atoms with Gasteiger partial charge in [-0.05, 0) is 68.7 Å². The number of hydrogen-bond donors (Lipinski definition) is 1. The Balaban J connectivity index is 1.50. The monoisotopic (exact) mass is 401 g/mol. The third-order valence-corrected chi connectivity index (χ3v) is 4.64. The second-order valence-electron chi connectivity index (χ2n) is 6.97. The van der Waals surface area contributed by atoms with Crippen molar-refractivity contribution < 1.29 is 28.2 Å². The number of carbonyl (C=O) groups is 2. The summed E-state index contributed by atoms with van der Waals surface area (Å²) in [5.74, 6) is -0.968. The fourth-order valence-corrected chi connectivity index (χ4v) is 2.85. The fourth-order valence-electron chi connectivity index (χ4n) is 2.85. The van der Waals surface area contributed by atoms with Gasteiger partial charge >= 0.3 is 5.97 Å². The van der Waals surface area contributed by atoms with Crippen LogP contribution >= 0.6 is 0 Å². The third-order valence-electron chi connectivity index (χ3n) is 4.64. The van der Waals surface area contributed by atoms with Crippen molar-refractivity contribution in [3.05, 3.63) is 59.4 Å². The van der Waals surface area contributed by atoms with E-state index < -0.39 is 23.8 Å². The number of hydrogen-bond acceptors (Lipinski definition) is 5. The lowest BCUT2D eigenvalue weighted by Crippen LogP contribution is -2.30. The minimum atomic E-state index is -1.04. The van der Waals surface area contributed by atoms with E-state index in [1.54, 1.807) is 43.3 Å². The highest BCUT2D eigenvalue weighted by molar-refractivity contribution is 5.97. The van der Waals surface area contributed by atoms with Crippen LogP contribution in [0.1, 0.15) is 35.7 Å². The van der Waals surface area contributed by atoms with Crippen LogP contribution in [0.25, 0.3) is 0 Å². The van der Waals surface area contributed by atoms with Gasteiger partial charge in [-0.1, -0.05) is 6.07 Å². The molecule has 3 rings (SSSR count). The Morgan fingerprint density at radius 1 is 1.24 bits per heavy atom. The maximum Gasteiger partial charge on any atom is 0.338 e. The zero-order valence-corrected chi connectivity index (χ0v) is 16.4. The zero-order valence-electron chi connectivity index (χ0n) is 16.4. The third kappa shape index (κ3) is 5.77. The normalized spacial score (nSPS) is 16.9. The molecular formula is C22H24FNO5. The first-order valence-electron chi connectivity index (χ1n) is 9.55. The molecule has 7 heteroatoms. The quantitative estimate of drug-likeness (QED) is 0.713. The van der Waals surface area contributed by atoms with Crippen LogP contribution in [0.4, 0.5) is 10.1 Å². The molecule has 29 heavy (non-hydrogen) atoms. The number of benzene rings is 2. The van der Waals surface area contributed by atoms with Gasteiger partial charge in [0.15, 0.2) is 6.10 Å². The van der Waals surface area contributed by atoms with Crippen LogP contribution in [0.15, 0.2) is 42.5 Å². The molecule has 0 aromatic heterocycles. The number of ether oxygens (including phenoxy) is 3. The zero-order chi connectivity index (χ0) is 20.8. The molecule has 1 saturated heterocycles. The maximum atomic E-state index is 13.6. The molecule has 6 nitrogen and oxygen atoms in total. The van der Waals surface area contributed by atoms with Crippen molar-refractivity contribution in [3.63, 3.8) is 0 Å². The Morgan fingerprint density at radius 2 is 2.00 bits per heavy atom. The van der Waals surface area contributed by atoms with Gasteiger partial charge in [0, 0.05) is 12.3 Å². The minimum Gasteiger partial charge on any atom is -0.491 e. The van der Waals surface area contributed by atoms with Gasteiger partial charge < -0.3 is 19.5 Å². The van der Waals surface area contributed by atoms with Crippen molar-refractivity contribution in [2.75, 3.05) is 18.5 Å². The number of nitrogens with one attached hydrogen (secondary N) is 1. The molecule has 2 unspecified atom stereocenters. The van der Waals surface area contributed by atoms with Crippen molar-refractivity contribution in [1.82, 2.24) is 0 Å². The predicted molar refractivity (Wildman–Crippen MR) is 106 cm³/mol. The summed E-state index contributed by atoms with van der Waals surface area (Å²) < 4.78 is 29.9. The highest BCUT2D eigenvalue weighted by Gasteiger charge is 2.20. The molecule has 0 spiro atoms. The molecule has 2 atom stereocenters. The van der Waals surface area contributed by atoms with Gasteiger partial charge in [-0.3, -0.25) is 4.79 Å². The van der Waals surface area contributed by atoms with Crippen molar-refractivity contribution in [2.45, 2.75) is 38.9 Å². The fraction of sp³-hybridized carbons (Fsp3) is 0.364. The van der Waals surface area contributed by atoms with Crippen LogP contribution in [0.2, 0.25) is 0 Å². The Hall–Kier alpha value is -2.93. The smallest absolute Gasteiger partial charge is 0.338 e. The molecule has 1 amide bonds. The summed E-state index contributed by atoms with van der Waals surface area (Å²) in [7, 11) is 0. The number of carbonyl (C=O) groups excluding carboxylic acids is 2. The van der Waals surface area contributed by atoms with Gasteiger partial charge in [0.05, 0.1) is 11.7 Å². The van der Waals surface area contributed by atoms with E-state index in [0.717, 1.165) is 19.4 Å². The average molecular weight is 401 g/mol. The summed E-state index contributed by atoms with van der Waals surface area (Å²) in [6.45, 7) is 4.32. The molecule has 154 valence electrons. The van der Waals surface area contributed by atoms with Gasteiger partial charge in [0.25, 0.3) is 5.91 Å². The largest absolute Gasteiger partial charge is 0.491 e. The lowest BCUT2D eigenvalue weighted by atomic mass is 10.2. The second-order valence-corrected chi connectivity index (χ2v) is 6.97. The van der Waals surface area contributed by atoms with Crippen LogP contribution in [-0.4, -0.2) is 37.3 Å². The van der Waals surface area contributed by atoms with Crippen LogP contribution in [0.3, 0.4) is 0 Å². The van der Waals surface area contributed by atoms with Crippen LogP contribution in [0, 0.1) is 12.7 Å². The van der Waals surface area contributed by atoms with E-state index in [4.69, 9.17) is 14.2 Å². The highest BCUT2D eigenvalue weighted by Crippen LogP contribution is 2.18. The summed E-state index contributed by atoms with van der Waals surface area (Å²) in [5, 5.41) is 2.53. The van der Waals surface area contributed by atoms with E-state index in [-0.39, 0.29) is 6.10 Å². The molecule has 2 aromatic rings. The molecule has 0 bridgehead atoms. The molecule has 1 aliphatic rings. The summed E-state index contributed by atoms with van der Waals surface area (Å²) >= 11 is 0. The summed E-state index contributed by atoms with van der Waals surface area (Å²) in [4.78, 5) is 24.5. The first-order chi connectivity index (χ1) is 13.9. The Kier molecular flexibility index (Phi) is 6.82. The lowest BCUT2D eigenvalue weighted by Gasteiger charge is -2.14. The van der Waals surface area contributed by atoms with Crippen LogP contribution < -0.4 is 10.1 Å². The Morgan fingerprint density at radius 3 is 2.66 bits per heavy atom. The molecule has 1 aliphatic heterocycles. The van der Waals surface area contributed by atoms with Crippen LogP contribution in [0.5, 0.6) is 5.75 Å². The summed E-state index contributed by atoms with van der Waals surface area (Å²) in [5.41, 5.74) is 1.08. The molecule has 1 heterocycles. The van der Waals surface area contributed by atoms with E-state index in [1.807, 2.05) is 0 Å². The molecule has 1 fully saturated rings. The first kappa shape index (κ1) is 20.8. The van der Waals surface area contributed by atoms with E-state index in [2.05, 4.69) is 5.32 Å². The van der Waals surface area contributed by atoms with Gasteiger partial charge in [-0.15, -0.1) is 0 Å². The Bertz CT molecular complexity index is 862. The van der Waals surface area contributed by atoms with E-state index in [9.17, 15) is 14.0 Å². The second kappa shape index (κ2) is 9.52. The number of halogens is 1. The molecule has 0 aliphatic carbocycles. The number of anilines is 1. The lowest BCUT2D eigenvalue weighted by molar-refractivity contribution is -0.123. The van der Waals surface area contributed by atoms with E-state index >= 15 is 0 Å². The number of esters is 1. The first-order valence-corrected chi connectivity index (χ1v) is 9.55. The standard InChI is InChI=1S/C22H24FNO5/c1-14-5-8-17(12-20(14)23)24-21(25)15(2)29-22(26)16-6-9-18(10-7-16)28-13-19-4-3-11-27-19/h5-10,12,15,19H,3-4,11,13H2,1-2H3,(H,24,25). The average Bonchev–Trinajstić information content (AvgIpc) is 3.23. The molecule has 0 saturated carbocycles. The Labute approximate surface area is 169 Å². The molecule has 2 aromatic carbocycles. The number of amides is 1. The number of aryl methyl sites for hydroxylation is 1. The van der Waals surface area contributed by atoms with Crippen LogP contribution in [-0.2, 0) is 14.3 Å². The summed E-state index contributed by atoms with van der Waals surface area (Å²) in [6, 6.07) is 10.9. The molecule has 1 N–H and O–H groups in total. The van der Waals surface area contributed by atoms with Crippen molar-refractivity contribution in [3.8, 4) is 5.75 Å². The maximum absolute atomic E-state index is 13.6. The van der Waals surface area contributed by atoms with Crippen molar-refractivity contribution in [1.29, 1.82) is 0 Å². The predicted octanol–water partition coefficient (Wildman–Crippen LogP) is 3.88. The van der Waals surface area contributed by atoms with Gasteiger partial charge in [-0.25, -0.2) is 9.18 Å². The van der Waals surface area contributed by atoms with Gasteiger partial charge in [-0.2, -0.15) is 0 Å². The van der Waals surface area contributed by atoms with Crippen molar-refractivity contribution in [2.24, 2.45) is 0 Å². The SMILES string of the molecule is Cc1ccc(NC(=O)C(C)OC(=O)c2ccc(OCC3CCCO3)cc2)cc1F. The molecule has 0 radical (unpaired) electrons. The number of rotatable bonds is 7. The van der Waals surface area contributed by atoms with Gasteiger partial charge in [0.1, 0.15) is 18.2 Å². The van der Waals surface area contributed by atoms with E-state index in [1.165, 1.54) is 13.0 Å².